The smallest absolute Gasteiger partial charge is 0.407 e. The summed E-state index contributed by atoms with van der Waals surface area (Å²) in [7, 11) is 2.56. The van der Waals surface area contributed by atoms with Crippen molar-refractivity contribution in [2.75, 3.05) is 27.3 Å². The molecule has 1 fully saturated rings. The number of methoxy groups -OCH3 is 2. The third kappa shape index (κ3) is 7.84. The first-order chi connectivity index (χ1) is 28.6. The van der Waals surface area contributed by atoms with E-state index in [0.29, 0.717) is 30.3 Å². The molecule has 0 aliphatic carbocycles. The number of imidazole rings is 2. The summed E-state index contributed by atoms with van der Waals surface area (Å²) in [5, 5.41) is 9.69. The standard InChI is InChI=1S/C43H44N8O6S2/c1-24(2)34(48-42(54)56-3)40(52)50-18-8-13-33(50)39-45-21-31(47-39)29-23-59-36-28(22-58-37(29)36)25-14-16-26(17-15-25)30-20-44-38(46-30)32-12-9-19-51(32)41(53)35(49-43(55)57-4)27-10-6-5-7-11-27/h5-8,10-11,13-17,20-24,32-35H,9,12,18-19H2,1-4H3,(H,44,46)(H,45,47)(H,48,54)(H,49,55)/t32?,33-,34-,35+/m0/s1. The molecule has 2 aromatic carbocycles. The van der Waals surface area contributed by atoms with Crippen LogP contribution in [0.2, 0.25) is 0 Å². The maximum Gasteiger partial charge on any atom is 0.407 e. The summed E-state index contributed by atoms with van der Waals surface area (Å²) in [4.78, 5) is 71.7. The number of fused-ring (bicyclic) bond motifs is 1. The molecule has 0 spiro atoms. The summed E-state index contributed by atoms with van der Waals surface area (Å²) in [5.41, 5.74) is 6.52. The van der Waals surface area contributed by atoms with E-state index in [1.54, 1.807) is 38.7 Å². The average Bonchev–Trinajstić information content (AvgIpc) is 4.11. The maximum atomic E-state index is 13.9. The Morgan fingerprint density at radius 1 is 0.847 bits per heavy atom. The molecule has 6 aromatic rings. The van der Waals surface area contributed by atoms with E-state index in [1.807, 2.05) is 62.5 Å². The zero-order chi connectivity index (χ0) is 41.2. The molecule has 0 radical (unpaired) electrons. The summed E-state index contributed by atoms with van der Waals surface area (Å²) in [6.07, 6.45) is 7.82. The fraction of sp³-hybridized carbons (Fsp3) is 0.302. The van der Waals surface area contributed by atoms with Crippen LogP contribution in [-0.4, -0.2) is 87.1 Å². The molecule has 1 unspecified atom stereocenters. The number of amides is 4. The molecule has 14 nitrogen and oxygen atoms in total. The average molecular weight is 833 g/mol. The molecule has 0 bridgehead atoms. The molecule has 4 atom stereocenters. The Hall–Kier alpha value is -6.26. The number of ether oxygens (including phenoxy) is 2. The van der Waals surface area contributed by atoms with Crippen molar-refractivity contribution in [3.8, 4) is 33.6 Å². The number of aromatic amines is 2. The number of aromatic nitrogens is 4. The predicted octanol–water partition coefficient (Wildman–Crippen LogP) is 7.99. The van der Waals surface area contributed by atoms with Gasteiger partial charge in [-0.25, -0.2) is 19.6 Å². The molecule has 16 heteroatoms. The minimum Gasteiger partial charge on any atom is -0.453 e. The lowest BCUT2D eigenvalue weighted by Crippen LogP contribution is -2.51. The number of H-pyrrole nitrogens is 2. The fourth-order valence-electron chi connectivity index (χ4n) is 7.76. The molecule has 4 aromatic heterocycles. The van der Waals surface area contributed by atoms with Gasteiger partial charge in [0.25, 0.3) is 5.91 Å². The van der Waals surface area contributed by atoms with Crippen molar-refractivity contribution in [2.45, 2.75) is 50.9 Å². The van der Waals surface area contributed by atoms with Gasteiger partial charge in [-0.15, -0.1) is 22.7 Å². The van der Waals surface area contributed by atoms with Gasteiger partial charge in [-0.05, 0) is 35.4 Å². The van der Waals surface area contributed by atoms with Crippen molar-refractivity contribution in [3.63, 3.8) is 0 Å². The second-order valence-electron chi connectivity index (χ2n) is 14.8. The lowest BCUT2D eigenvalue weighted by Gasteiger charge is -2.29. The largest absolute Gasteiger partial charge is 0.453 e. The zero-order valence-electron chi connectivity index (χ0n) is 32.9. The molecule has 2 aliphatic rings. The molecule has 304 valence electrons. The fourth-order valence-corrected chi connectivity index (χ4v) is 10.2. The quantitative estimate of drug-likeness (QED) is 0.0951. The highest BCUT2D eigenvalue weighted by atomic mass is 32.1. The highest BCUT2D eigenvalue weighted by Gasteiger charge is 2.38. The Bertz CT molecular complexity index is 2500. The summed E-state index contributed by atoms with van der Waals surface area (Å²) in [6, 6.07) is 15.3. The van der Waals surface area contributed by atoms with Gasteiger partial charge in [0.2, 0.25) is 5.91 Å². The van der Waals surface area contributed by atoms with Gasteiger partial charge in [-0.1, -0.05) is 80.6 Å². The number of rotatable bonds is 11. The van der Waals surface area contributed by atoms with Crippen LogP contribution in [-0.2, 0) is 19.1 Å². The molecule has 1 saturated heterocycles. The normalized spacial score (nSPS) is 17.4. The Morgan fingerprint density at radius 2 is 1.54 bits per heavy atom. The number of hydrogen-bond acceptors (Lipinski definition) is 10. The topological polar surface area (TPSA) is 175 Å². The summed E-state index contributed by atoms with van der Waals surface area (Å²) < 4.78 is 11.9. The van der Waals surface area contributed by atoms with Crippen LogP contribution in [0.25, 0.3) is 43.0 Å². The van der Waals surface area contributed by atoms with Gasteiger partial charge in [-0.2, -0.15) is 0 Å². The van der Waals surface area contributed by atoms with Gasteiger partial charge in [0.05, 0.1) is 47.2 Å². The van der Waals surface area contributed by atoms with Crippen LogP contribution >= 0.6 is 22.7 Å². The molecule has 4 N–H and O–H groups in total. The number of hydrogen-bond donors (Lipinski definition) is 4. The zero-order valence-corrected chi connectivity index (χ0v) is 34.6. The van der Waals surface area contributed by atoms with E-state index < -0.39 is 30.3 Å². The van der Waals surface area contributed by atoms with Crippen molar-refractivity contribution in [1.29, 1.82) is 0 Å². The summed E-state index contributed by atoms with van der Waals surface area (Å²) >= 11 is 3.34. The van der Waals surface area contributed by atoms with Gasteiger partial charge in [-0.3, -0.25) is 9.59 Å². The van der Waals surface area contributed by atoms with Crippen LogP contribution in [0.4, 0.5) is 9.59 Å². The van der Waals surface area contributed by atoms with Gasteiger partial charge in [0.15, 0.2) is 0 Å². The number of thiophene rings is 2. The van der Waals surface area contributed by atoms with Crippen LogP contribution in [0.1, 0.15) is 62.0 Å². The van der Waals surface area contributed by atoms with Crippen molar-refractivity contribution >= 4 is 56.1 Å². The van der Waals surface area contributed by atoms with E-state index in [1.165, 1.54) is 18.9 Å². The van der Waals surface area contributed by atoms with Crippen LogP contribution in [0.5, 0.6) is 0 Å². The lowest BCUT2D eigenvalue weighted by atomic mass is 10.0. The molecule has 59 heavy (non-hydrogen) atoms. The van der Waals surface area contributed by atoms with Crippen LogP contribution < -0.4 is 10.6 Å². The third-order valence-corrected chi connectivity index (χ3v) is 13.0. The van der Waals surface area contributed by atoms with E-state index in [2.05, 4.69) is 55.6 Å². The van der Waals surface area contributed by atoms with E-state index in [9.17, 15) is 19.2 Å². The highest BCUT2D eigenvalue weighted by molar-refractivity contribution is 7.27. The van der Waals surface area contributed by atoms with E-state index in [4.69, 9.17) is 19.4 Å². The van der Waals surface area contributed by atoms with Gasteiger partial charge >= 0.3 is 12.2 Å². The first kappa shape index (κ1) is 39.6. The van der Waals surface area contributed by atoms with Gasteiger partial charge < -0.3 is 39.9 Å². The Morgan fingerprint density at radius 3 is 2.27 bits per heavy atom. The Balaban J connectivity index is 0.968. The van der Waals surface area contributed by atoms with Crippen molar-refractivity contribution in [3.05, 3.63) is 107 Å². The highest BCUT2D eigenvalue weighted by Crippen LogP contribution is 2.44. The van der Waals surface area contributed by atoms with Crippen molar-refractivity contribution in [2.24, 2.45) is 5.92 Å². The molecule has 4 amide bonds. The van der Waals surface area contributed by atoms with Crippen LogP contribution in [0, 0.1) is 5.92 Å². The third-order valence-electron chi connectivity index (χ3n) is 10.9. The molecule has 6 heterocycles. The predicted molar refractivity (Wildman–Crippen MR) is 226 cm³/mol. The number of carbonyl (C=O) groups is 4. The maximum absolute atomic E-state index is 13.9. The number of nitrogens with zero attached hydrogens (tertiary/aromatic N) is 4. The number of benzene rings is 2. The van der Waals surface area contributed by atoms with Crippen molar-refractivity contribution < 1.29 is 28.7 Å². The lowest BCUT2D eigenvalue weighted by molar-refractivity contribution is -0.135. The summed E-state index contributed by atoms with van der Waals surface area (Å²) in [5.74, 6) is 0.798. The minimum atomic E-state index is -0.884. The second kappa shape index (κ2) is 16.9. The number of carbonyl (C=O) groups excluding carboxylic acids is 4. The van der Waals surface area contributed by atoms with Gasteiger partial charge in [0.1, 0.15) is 29.8 Å². The molecule has 0 saturated carbocycles. The first-order valence-electron chi connectivity index (χ1n) is 19.4. The first-order valence-corrected chi connectivity index (χ1v) is 21.1. The Labute approximate surface area is 348 Å². The molecular weight excluding hydrogens is 789 g/mol. The van der Waals surface area contributed by atoms with Crippen LogP contribution in [0.3, 0.4) is 0 Å². The van der Waals surface area contributed by atoms with E-state index in [-0.39, 0.29) is 23.8 Å². The number of alkyl carbamates (subject to hydrolysis) is 2. The molecular formula is C43H44N8O6S2. The van der Waals surface area contributed by atoms with E-state index >= 15 is 0 Å². The van der Waals surface area contributed by atoms with Gasteiger partial charge in [0, 0.05) is 41.2 Å². The number of nitrogens with one attached hydrogen (secondary N) is 4. The molecule has 8 rings (SSSR count). The Kier molecular flexibility index (Phi) is 11.3. The summed E-state index contributed by atoms with van der Waals surface area (Å²) in [6.45, 7) is 4.73. The van der Waals surface area contributed by atoms with Crippen LogP contribution in [0.15, 0.2) is 89.9 Å². The number of likely N-dealkylation sites (tertiary alicyclic amines) is 1. The molecule has 2 aliphatic heterocycles. The second-order valence-corrected chi connectivity index (χ2v) is 16.5. The van der Waals surface area contributed by atoms with Crippen molar-refractivity contribution in [1.82, 2.24) is 40.4 Å². The SMILES string of the molecule is COC(=O)N[C@H](C(=O)N1CC=C[C@H]1c1nc(-c2csc3c(-c4ccc(-c5cnc(C6CCCN6C(=O)[C@H](NC(=O)OC)c6ccccc6)[nH]5)cc4)csc23)c[nH]1)C(C)C. The monoisotopic (exact) mass is 832 g/mol. The van der Waals surface area contributed by atoms with E-state index in [0.717, 1.165) is 51.2 Å². The minimum absolute atomic E-state index is 0.137.